The highest BCUT2D eigenvalue weighted by Gasteiger charge is 2.41. The number of hydrogen-bond donors (Lipinski definition) is 0. The Hall–Kier alpha value is -2.73. The van der Waals surface area contributed by atoms with Crippen LogP contribution in [0.3, 0.4) is 0 Å². The molecule has 1 aromatic heterocycles. The Morgan fingerprint density at radius 1 is 1.15 bits per heavy atom. The monoisotopic (exact) mass is 380 g/mol. The first-order valence-electron chi connectivity index (χ1n) is 8.83. The summed E-state index contributed by atoms with van der Waals surface area (Å²) in [6.45, 7) is 4.08. The van der Waals surface area contributed by atoms with Crippen molar-refractivity contribution in [2.24, 2.45) is 5.92 Å². The minimum Gasteiger partial charge on any atom is -0.497 e. The molecule has 3 aromatic rings. The van der Waals surface area contributed by atoms with Gasteiger partial charge in [0.1, 0.15) is 5.75 Å². The Bertz CT molecular complexity index is 1040. The van der Waals surface area contributed by atoms with E-state index in [1.165, 1.54) is 27.4 Å². The Morgan fingerprint density at radius 3 is 2.59 bits per heavy atom. The number of nitrogens with zero attached hydrogens (tertiary/aromatic N) is 2. The summed E-state index contributed by atoms with van der Waals surface area (Å²) in [6.07, 6.45) is 0.799. The van der Waals surface area contributed by atoms with Gasteiger partial charge in [0.25, 0.3) is 0 Å². The molecule has 4 rings (SSSR count). The zero-order valence-electron chi connectivity index (χ0n) is 15.5. The van der Waals surface area contributed by atoms with Gasteiger partial charge in [-0.1, -0.05) is 40.7 Å². The zero-order chi connectivity index (χ0) is 19.1. The minimum absolute atomic E-state index is 0.162. The molecule has 2 heterocycles. The fraction of sp³-hybridized carbons (Fsp3) is 0.286. The third kappa shape index (κ3) is 3.32. The topological polar surface area (TPSA) is 59.5 Å². The maximum absolute atomic E-state index is 12.9. The summed E-state index contributed by atoms with van der Waals surface area (Å²) in [6, 6.07) is 11.8. The summed E-state index contributed by atoms with van der Waals surface area (Å²) in [5.74, 6) is 0.0512. The van der Waals surface area contributed by atoms with Gasteiger partial charge in [0.05, 0.1) is 23.2 Å². The van der Waals surface area contributed by atoms with Gasteiger partial charge in [-0.15, -0.1) is 0 Å². The number of hydrogen-bond acceptors (Lipinski definition) is 5. The van der Waals surface area contributed by atoms with Crippen LogP contribution in [0.15, 0.2) is 36.4 Å². The summed E-state index contributed by atoms with van der Waals surface area (Å²) < 4.78 is 6.12. The molecule has 0 bridgehead atoms. The summed E-state index contributed by atoms with van der Waals surface area (Å²) in [7, 11) is 1.61. The molecule has 0 radical (unpaired) electrons. The molecular weight excluding hydrogens is 360 g/mol. The smallest absolute Gasteiger partial charge is 0.239 e. The highest BCUT2D eigenvalue weighted by atomic mass is 32.1. The highest BCUT2D eigenvalue weighted by Crippen LogP contribution is 2.35. The zero-order valence-corrected chi connectivity index (χ0v) is 16.3. The van der Waals surface area contributed by atoms with E-state index < -0.39 is 0 Å². The Morgan fingerprint density at radius 2 is 1.89 bits per heavy atom. The normalized spacial score (nSPS) is 17.1. The number of thiazole rings is 1. The van der Waals surface area contributed by atoms with E-state index in [0.717, 1.165) is 21.5 Å². The van der Waals surface area contributed by atoms with Crippen LogP contribution in [0.25, 0.3) is 10.2 Å². The molecule has 0 spiro atoms. The maximum Gasteiger partial charge on any atom is 0.239 e. The van der Waals surface area contributed by atoms with E-state index in [9.17, 15) is 9.59 Å². The number of aromatic nitrogens is 1. The van der Waals surface area contributed by atoms with Gasteiger partial charge in [-0.05, 0) is 44.0 Å². The van der Waals surface area contributed by atoms with Crippen molar-refractivity contribution in [1.82, 2.24) is 4.98 Å². The second-order valence-electron chi connectivity index (χ2n) is 7.00. The average molecular weight is 380 g/mol. The molecule has 1 fully saturated rings. The number of imide groups is 1. The van der Waals surface area contributed by atoms with Crippen LogP contribution in [0.4, 0.5) is 5.13 Å². The van der Waals surface area contributed by atoms with Gasteiger partial charge in [0.15, 0.2) is 5.13 Å². The van der Waals surface area contributed by atoms with Gasteiger partial charge < -0.3 is 4.74 Å². The molecule has 6 heteroatoms. The average Bonchev–Trinajstić information content (AvgIpc) is 3.13. The summed E-state index contributed by atoms with van der Waals surface area (Å²) >= 11 is 1.34. The Balaban J connectivity index is 1.61. The summed E-state index contributed by atoms with van der Waals surface area (Å²) in [4.78, 5) is 31.2. The fourth-order valence-electron chi connectivity index (χ4n) is 3.64. The first-order chi connectivity index (χ1) is 12.9. The van der Waals surface area contributed by atoms with Crippen molar-refractivity contribution in [1.29, 1.82) is 0 Å². The highest BCUT2D eigenvalue weighted by molar-refractivity contribution is 7.22. The molecule has 1 aliphatic heterocycles. The van der Waals surface area contributed by atoms with E-state index >= 15 is 0 Å². The third-order valence-electron chi connectivity index (χ3n) is 4.78. The number of methoxy groups -OCH3 is 1. The lowest BCUT2D eigenvalue weighted by molar-refractivity contribution is -0.122. The molecule has 27 heavy (non-hydrogen) atoms. The molecule has 0 saturated carbocycles. The third-order valence-corrected chi connectivity index (χ3v) is 5.78. The molecule has 138 valence electrons. The molecule has 1 saturated heterocycles. The molecule has 2 aromatic carbocycles. The minimum atomic E-state index is -0.333. The number of carbonyl (C=O) groups is 2. The van der Waals surface area contributed by atoms with Gasteiger partial charge in [0, 0.05) is 6.42 Å². The molecule has 5 nitrogen and oxygen atoms in total. The van der Waals surface area contributed by atoms with Crippen LogP contribution in [0.2, 0.25) is 0 Å². The number of benzene rings is 2. The number of anilines is 1. The molecule has 0 unspecified atom stereocenters. The van der Waals surface area contributed by atoms with E-state index in [1.54, 1.807) is 7.11 Å². The van der Waals surface area contributed by atoms with Crippen LogP contribution in [-0.2, 0) is 16.0 Å². The van der Waals surface area contributed by atoms with E-state index in [1.807, 2.05) is 32.0 Å². The van der Waals surface area contributed by atoms with Crippen molar-refractivity contribution in [3.05, 3.63) is 53.1 Å². The van der Waals surface area contributed by atoms with Crippen molar-refractivity contribution < 1.29 is 14.3 Å². The van der Waals surface area contributed by atoms with E-state index in [-0.39, 0.29) is 24.2 Å². The van der Waals surface area contributed by atoms with Crippen molar-refractivity contribution in [2.45, 2.75) is 26.7 Å². The lowest BCUT2D eigenvalue weighted by Gasteiger charge is -2.12. The van der Waals surface area contributed by atoms with Crippen LogP contribution in [0.5, 0.6) is 5.75 Å². The molecular formula is C21H20N2O3S. The van der Waals surface area contributed by atoms with E-state index in [4.69, 9.17) is 4.74 Å². The predicted molar refractivity (Wildman–Crippen MR) is 106 cm³/mol. The van der Waals surface area contributed by atoms with Crippen molar-refractivity contribution in [3.63, 3.8) is 0 Å². The van der Waals surface area contributed by atoms with Crippen LogP contribution < -0.4 is 9.64 Å². The maximum atomic E-state index is 12.9. The Labute approximate surface area is 161 Å². The van der Waals surface area contributed by atoms with Gasteiger partial charge in [-0.2, -0.15) is 0 Å². The second-order valence-corrected chi connectivity index (χ2v) is 8.01. The molecule has 0 aliphatic carbocycles. The Kier molecular flexibility index (Phi) is 4.44. The van der Waals surface area contributed by atoms with Crippen LogP contribution in [0, 0.1) is 19.8 Å². The molecule has 1 atom stereocenters. The van der Waals surface area contributed by atoms with Crippen molar-refractivity contribution in [3.8, 4) is 5.75 Å². The van der Waals surface area contributed by atoms with Gasteiger partial charge in [0.2, 0.25) is 11.8 Å². The summed E-state index contributed by atoms with van der Waals surface area (Å²) in [5.41, 5.74) is 4.18. The molecule has 1 aliphatic rings. The van der Waals surface area contributed by atoms with Crippen molar-refractivity contribution >= 4 is 38.5 Å². The lowest BCUT2D eigenvalue weighted by Crippen LogP contribution is -2.30. The first-order valence-corrected chi connectivity index (χ1v) is 9.65. The molecule has 0 N–H and O–H groups in total. The van der Waals surface area contributed by atoms with E-state index in [0.29, 0.717) is 11.6 Å². The van der Waals surface area contributed by atoms with Gasteiger partial charge >= 0.3 is 0 Å². The standard InChI is InChI=1S/C21H20N2O3S/c1-12-6-13(2)8-14(7-12)9-15-10-19(24)23(20(15)25)21-22-17-5-4-16(26-3)11-18(17)27-21/h4-8,11,15H,9-10H2,1-3H3/t15-/m0/s1. The second kappa shape index (κ2) is 6.78. The number of ether oxygens (including phenoxy) is 1. The number of rotatable bonds is 4. The van der Waals surface area contributed by atoms with Crippen molar-refractivity contribution in [2.75, 3.05) is 12.0 Å². The van der Waals surface area contributed by atoms with Crippen LogP contribution in [-0.4, -0.2) is 23.9 Å². The largest absolute Gasteiger partial charge is 0.497 e. The number of aryl methyl sites for hydroxylation is 2. The first kappa shape index (κ1) is 17.7. The van der Waals surface area contributed by atoms with Gasteiger partial charge in [-0.25, -0.2) is 9.88 Å². The number of fused-ring (bicyclic) bond motifs is 1. The number of carbonyl (C=O) groups excluding carboxylic acids is 2. The predicted octanol–water partition coefficient (Wildman–Crippen LogP) is 4.04. The van der Waals surface area contributed by atoms with Crippen LogP contribution >= 0.6 is 11.3 Å². The number of amides is 2. The quantitative estimate of drug-likeness (QED) is 0.641. The lowest BCUT2D eigenvalue weighted by atomic mass is 9.95. The SMILES string of the molecule is COc1ccc2nc(N3C(=O)C[C@H](Cc4cc(C)cc(C)c4)C3=O)sc2c1. The fourth-order valence-corrected chi connectivity index (χ4v) is 4.66. The van der Waals surface area contributed by atoms with Gasteiger partial charge in [-0.3, -0.25) is 9.59 Å². The summed E-state index contributed by atoms with van der Waals surface area (Å²) in [5, 5.41) is 0.441. The molecule has 2 amide bonds. The van der Waals surface area contributed by atoms with Crippen LogP contribution in [0.1, 0.15) is 23.1 Å². The van der Waals surface area contributed by atoms with E-state index in [2.05, 4.69) is 23.2 Å².